The van der Waals surface area contributed by atoms with E-state index in [1.54, 1.807) is 0 Å². The molecule has 2 fully saturated rings. The fourth-order valence-electron chi connectivity index (χ4n) is 4.95. The second kappa shape index (κ2) is 12.4. The van der Waals surface area contributed by atoms with Gasteiger partial charge in [0.15, 0.2) is 17.3 Å². The van der Waals surface area contributed by atoms with Crippen molar-refractivity contribution in [1.29, 1.82) is 0 Å². The minimum atomic E-state index is -2.00. The van der Waals surface area contributed by atoms with Gasteiger partial charge in [0.2, 0.25) is 29.5 Å². The SMILES string of the molecule is O=c1c(O[C@H]2O[C@H](CO)[C@H](O)[C@@H](O)[C@H]2O)c(-c2cc(O)c(O)c(O[C@@H]3O[C@H](CO)[C@H](O)[C@@H](O)[C@H]3O)c2)oc2cc(O)cc(O)c12. The van der Waals surface area contributed by atoms with Crippen molar-refractivity contribution in [3.8, 4) is 45.8 Å². The van der Waals surface area contributed by atoms with Gasteiger partial charge in [-0.25, -0.2) is 0 Å². The Morgan fingerprint density at radius 1 is 0.667 bits per heavy atom. The topological polar surface area (TPSA) is 310 Å². The molecule has 0 spiro atoms. The van der Waals surface area contributed by atoms with E-state index in [4.69, 9.17) is 23.4 Å². The number of fused-ring (bicyclic) bond motifs is 1. The standard InChI is InChI=1S/C27H30O18/c28-5-13-17(34)20(37)22(39)26(43-13)42-12-2-7(1-10(32)16(12)33)24-25(19(36)15-9(31)3-8(30)4-11(15)41-24)45-27-23(40)21(38)18(35)14(6-29)44-27/h1-4,13-14,17-18,20-23,26-35,37-40H,5-6H2/t13-,14-,17+,18+,20-,21-,22-,23-,26-,27-/m1/s1. The van der Waals surface area contributed by atoms with Crippen LogP contribution < -0.4 is 14.9 Å². The normalized spacial score (nSPS) is 32.0. The smallest absolute Gasteiger partial charge is 0.239 e. The Kier molecular flexibility index (Phi) is 8.97. The monoisotopic (exact) mass is 642 g/mol. The van der Waals surface area contributed by atoms with Crippen LogP contribution in [0.2, 0.25) is 0 Å². The first-order chi connectivity index (χ1) is 21.3. The summed E-state index contributed by atoms with van der Waals surface area (Å²) in [4.78, 5) is 13.7. The Balaban J connectivity index is 1.63. The van der Waals surface area contributed by atoms with Crippen LogP contribution in [-0.2, 0) is 9.47 Å². The van der Waals surface area contributed by atoms with Crippen LogP contribution in [0.15, 0.2) is 33.5 Å². The first kappa shape index (κ1) is 32.4. The van der Waals surface area contributed by atoms with Gasteiger partial charge in [0.05, 0.1) is 13.2 Å². The molecular weight excluding hydrogens is 612 g/mol. The number of phenols is 4. The molecule has 2 aliphatic rings. The van der Waals surface area contributed by atoms with Crippen molar-refractivity contribution in [2.45, 2.75) is 61.4 Å². The molecule has 18 nitrogen and oxygen atoms in total. The molecule has 18 heteroatoms. The van der Waals surface area contributed by atoms with Gasteiger partial charge in [-0.15, -0.1) is 0 Å². The van der Waals surface area contributed by atoms with E-state index in [0.29, 0.717) is 0 Å². The van der Waals surface area contributed by atoms with Crippen LogP contribution in [0.3, 0.4) is 0 Å². The Bertz CT molecular complexity index is 1600. The highest BCUT2D eigenvalue weighted by Gasteiger charge is 2.46. The third-order valence-corrected chi connectivity index (χ3v) is 7.41. The van der Waals surface area contributed by atoms with Gasteiger partial charge >= 0.3 is 0 Å². The second-order valence-corrected chi connectivity index (χ2v) is 10.4. The minimum absolute atomic E-state index is 0.327. The lowest BCUT2D eigenvalue weighted by Gasteiger charge is -2.39. The number of benzene rings is 2. The largest absolute Gasteiger partial charge is 0.508 e. The maximum Gasteiger partial charge on any atom is 0.239 e. The van der Waals surface area contributed by atoms with Crippen LogP contribution in [0, 0.1) is 0 Å². The fourth-order valence-corrected chi connectivity index (χ4v) is 4.95. The van der Waals surface area contributed by atoms with Crippen LogP contribution in [-0.4, -0.2) is 136 Å². The predicted molar refractivity (Wildman–Crippen MR) is 143 cm³/mol. The number of aromatic hydroxyl groups is 4. The lowest BCUT2D eigenvalue weighted by atomic mass is 9.99. The summed E-state index contributed by atoms with van der Waals surface area (Å²) in [6.45, 7) is -1.64. The molecule has 3 aromatic rings. The molecule has 2 aliphatic heterocycles. The van der Waals surface area contributed by atoms with Crippen molar-refractivity contribution in [3.05, 3.63) is 34.5 Å². The molecule has 0 unspecified atom stereocenters. The molecule has 45 heavy (non-hydrogen) atoms. The van der Waals surface area contributed by atoms with E-state index in [0.717, 1.165) is 24.3 Å². The predicted octanol–water partition coefficient (Wildman–Crippen LogP) is -3.36. The second-order valence-electron chi connectivity index (χ2n) is 10.4. The molecule has 1 aromatic heterocycles. The number of hydrogen-bond donors (Lipinski definition) is 12. The average molecular weight is 643 g/mol. The van der Waals surface area contributed by atoms with Crippen LogP contribution in [0.4, 0.5) is 0 Å². The number of aliphatic hydroxyl groups excluding tert-OH is 8. The van der Waals surface area contributed by atoms with Crippen LogP contribution >= 0.6 is 0 Å². The summed E-state index contributed by atoms with van der Waals surface area (Å²) >= 11 is 0. The minimum Gasteiger partial charge on any atom is -0.508 e. The lowest BCUT2D eigenvalue weighted by Crippen LogP contribution is -2.60. The molecule has 2 saturated heterocycles. The molecule has 10 atom stereocenters. The van der Waals surface area contributed by atoms with Gasteiger partial charge in [-0.1, -0.05) is 0 Å². The van der Waals surface area contributed by atoms with Crippen LogP contribution in [0.5, 0.6) is 34.5 Å². The fraction of sp³-hybridized carbons (Fsp3) is 0.444. The van der Waals surface area contributed by atoms with Crippen molar-refractivity contribution in [3.63, 3.8) is 0 Å². The van der Waals surface area contributed by atoms with E-state index in [2.05, 4.69) is 0 Å². The van der Waals surface area contributed by atoms with Crippen molar-refractivity contribution >= 4 is 11.0 Å². The van der Waals surface area contributed by atoms with Gasteiger partial charge in [0, 0.05) is 17.7 Å². The summed E-state index contributed by atoms with van der Waals surface area (Å²) in [6, 6.07) is 3.55. The van der Waals surface area contributed by atoms with Crippen molar-refractivity contribution in [1.82, 2.24) is 0 Å². The number of phenolic OH excluding ortho intramolecular Hbond substituents is 4. The molecule has 12 N–H and O–H groups in total. The third kappa shape index (κ3) is 5.79. The molecule has 5 rings (SSSR count). The highest BCUT2D eigenvalue weighted by atomic mass is 16.7. The molecule has 0 radical (unpaired) electrons. The molecule has 0 saturated carbocycles. The van der Waals surface area contributed by atoms with Gasteiger partial charge in [0.1, 0.15) is 71.3 Å². The zero-order valence-corrected chi connectivity index (χ0v) is 22.8. The maximum atomic E-state index is 13.7. The highest BCUT2D eigenvalue weighted by molar-refractivity contribution is 5.88. The molecular formula is C27H30O18. The van der Waals surface area contributed by atoms with Gasteiger partial charge in [-0.2, -0.15) is 0 Å². The first-order valence-electron chi connectivity index (χ1n) is 13.3. The van der Waals surface area contributed by atoms with Crippen LogP contribution in [0.1, 0.15) is 0 Å². The van der Waals surface area contributed by atoms with Gasteiger partial charge < -0.3 is 84.6 Å². The molecule has 3 heterocycles. The summed E-state index contributed by atoms with van der Waals surface area (Å²) in [5, 5.41) is 121. The molecule has 2 aromatic carbocycles. The lowest BCUT2D eigenvalue weighted by molar-refractivity contribution is -0.277. The zero-order chi connectivity index (χ0) is 32.9. The quantitative estimate of drug-likeness (QED) is 0.112. The van der Waals surface area contributed by atoms with E-state index >= 15 is 0 Å². The van der Waals surface area contributed by atoms with Gasteiger partial charge in [-0.05, 0) is 12.1 Å². The number of hydrogen-bond acceptors (Lipinski definition) is 18. The van der Waals surface area contributed by atoms with Gasteiger partial charge in [-0.3, -0.25) is 4.79 Å². The Hall–Kier alpha value is -3.95. The summed E-state index contributed by atoms with van der Waals surface area (Å²) in [5.41, 5.74) is -1.88. The molecule has 0 aliphatic carbocycles. The van der Waals surface area contributed by atoms with E-state index in [-0.39, 0.29) is 5.56 Å². The van der Waals surface area contributed by atoms with Crippen molar-refractivity contribution in [2.24, 2.45) is 0 Å². The summed E-state index contributed by atoms with van der Waals surface area (Å²) in [7, 11) is 0. The Morgan fingerprint density at radius 3 is 1.78 bits per heavy atom. The Labute approximate surface area is 250 Å². The summed E-state index contributed by atoms with van der Waals surface area (Å²) in [6.07, 6.45) is -17.8. The number of rotatable bonds is 7. The van der Waals surface area contributed by atoms with Crippen molar-refractivity contribution in [2.75, 3.05) is 13.2 Å². The van der Waals surface area contributed by atoms with Crippen molar-refractivity contribution < 1.29 is 84.6 Å². The first-order valence-corrected chi connectivity index (χ1v) is 13.3. The Morgan fingerprint density at radius 2 is 1.22 bits per heavy atom. The average Bonchev–Trinajstić information content (AvgIpc) is 3.00. The van der Waals surface area contributed by atoms with Gasteiger partial charge in [0.25, 0.3) is 0 Å². The summed E-state index contributed by atoms with van der Waals surface area (Å²) < 4.78 is 27.4. The number of ether oxygens (including phenoxy) is 4. The highest BCUT2D eigenvalue weighted by Crippen LogP contribution is 2.44. The van der Waals surface area contributed by atoms with E-state index in [1.165, 1.54) is 0 Å². The third-order valence-electron chi connectivity index (χ3n) is 7.41. The van der Waals surface area contributed by atoms with E-state index in [1.807, 2.05) is 0 Å². The number of aliphatic hydroxyl groups is 8. The maximum absolute atomic E-state index is 13.7. The van der Waals surface area contributed by atoms with Crippen LogP contribution in [0.25, 0.3) is 22.3 Å². The zero-order valence-electron chi connectivity index (χ0n) is 22.8. The molecule has 0 bridgehead atoms. The van der Waals surface area contributed by atoms with E-state index in [9.17, 15) is 66.1 Å². The summed E-state index contributed by atoms with van der Waals surface area (Å²) in [5.74, 6) is -5.24. The molecule has 246 valence electrons. The molecule has 0 amide bonds. The van der Waals surface area contributed by atoms with E-state index < -0.39 is 131 Å².